The van der Waals surface area contributed by atoms with Gasteiger partial charge in [-0.3, -0.25) is 9.97 Å². The van der Waals surface area contributed by atoms with Crippen molar-refractivity contribution in [2.45, 2.75) is 6.61 Å². The van der Waals surface area contributed by atoms with Gasteiger partial charge in [-0.05, 0) is 0 Å². The number of halogens is 1. The minimum absolute atomic E-state index is 0.0656. The third-order valence-electron chi connectivity index (χ3n) is 0.950. The van der Waals surface area contributed by atoms with Crippen molar-refractivity contribution < 1.29 is 9.53 Å². The molecule has 0 aliphatic carbocycles. The molecule has 0 atom stereocenters. The van der Waals surface area contributed by atoms with Crippen molar-refractivity contribution >= 4 is 17.0 Å². The first kappa shape index (κ1) is 7.94. The first-order valence-corrected chi connectivity index (χ1v) is 3.24. The predicted octanol–water partition coefficient (Wildman–Crippen LogP) is 1.35. The van der Waals surface area contributed by atoms with Crippen LogP contribution in [0.4, 0.5) is 4.79 Å². The Bertz CT molecular complexity index is 240. The zero-order chi connectivity index (χ0) is 8.10. The standard InChI is InChI=1S/C6H5ClN2O2/c7-6(10)11-4-5-3-8-1-2-9-5/h1-3H,4H2. The van der Waals surface area contributed by atoms with Crippen LogP contribution in [0.1, 0.15) is 5.69 Å². The summed E-state index contributed by atoms with van der Waals surface area (Å²) in [7, 11) is 0. The molecule has 11 heavy (non-hydrogen) atoms. The molecule has 58 valence electrons. The maximum atomic E-state index is 10.1. The Hall–Kier alpha value is -1.16. The summed E-state index contributed by atoms with van der Waals surface area (Å²) in [6, 6.07) is 0. The van der Waals surface area contributed by atoms with Crippen LogP contribution in [0.15, 0.2) is 18.6 Å². The number of hydrogen-bond donors (Lipinski definition) is 0. The molecule has 0 saturated carbocycles. The molecule has 0 aliphatic heterocycles. The van der Waals surface area contributed by atoms with Crippen molar-refractivity contribution in [3.05, 3.63) is 24.3 Å². The number of carbonyl (C=O) groups is 1. The topological polar surface area (TPSA) is 52.1 Å². The lowest BCUT2D eigenvalue weighted by Crippen LogP contribution is -1.97. The highest BCUT2D eigenvalue weighted by molar-refractivity contribution is 6.61. The van der Waals surface area contributed by atoms with Gasteiger partial charge >= 0.3 is 5.43 Å². The van der Waals surface area contributed by atoms with Gasteiger partial charge in [0.25, 0.3) is 0 Å². The van der Waals surface area contributed by atoms with Gasteiger partial charge in [-0.2, -0.15) is 0 Å². The molecule has 0 radical (unpaired) electrons. The van der Waals surface area contributed by atoms with E-state index in [9.17, 15) is 4.79 Å². The van der Waals surface area contributed by atoms with Gasteiger partial charge in [0, 0.05) is 24.0 Å². The van der Waals surface area contributed by atoms with E-state index in [1.54, 1.807) is 0 Å². The molecular formula is C6H5ClN2O2. The van der Waals surface area contributed by atoms with Gasteiger partial charge in [-0.25, -0.2) is 4.79 Å². The minimum atomic E-state index is -0.837. The van der Waals surface area contributed by atoms with E-state index < -0.39 is 5.43 Å². The van der Waals surface area contributed by atoms with Crippen LogP contribution in [-0.2, 0) is 11.3 Å². The molecule has 0 aliphatic rings. The van der Waals surface area contributed by atoms with Gasteiger partial charge < -0.3 is 4.74 Å². The fourth-order valence-electron chi connectivity index (χ4n) is 0.535. The van der Waals surface area contributed by atoms with E-state index in [1.165, 1.54) is 18.6 Å². The van der Waals surface area contributed by atoms with Crippen LogP contribution in [0, 0.1) is 0 Å². The molecule has 1 heterocycles. The average molecular weight is 173 g/mol. The van der Waals surface area contributed by atoms with Crippen LogP contribution in [0.25, 0.3) is 0 Å². The molecule has 1 aromatic rings. The van der Waals surface area contributed by atoms with Crippen molar-refractivity contribution in [3.63, 3.8) is 0 Å². The van der Waals surface area contributed by atoms with Crippen LogP contribution in [0.2, 0.25) is 0 Å². The van der Waals surface area contributed by atoms with Crippen LogP contribution in [0.5, 0.6) is 0 Å². The zero-order valence-corrected chi connectivity index (χ0v) is 6.28. The predicted molar refractivity (Wildman–Crippen MR) is 38.1 cm³/mol. The van der Waals surface area contributed by atoms with Gasteiger partial charge in [0.1, 0.15) is 6.61 Å². The Morgan fingerprint density at radius 2 is 2.45 bits per heavy atom. The van der Waals surface area contributed by atoms with Gasteiger partial charge in [0.05, 0.1) is 11.9 Å². The molecule has 0 amide bonds. The van der Waals surface area contributed by atoms with Crippen LogP contribution in [-0.4, -0.2) is 15.4 Å². The molecule has 0 unspecified atom stereocenters. The van der Waals surface area contributed by atoms with E-state index in [0.717, 1.165) is 0 Å². The smallest absolute Gasteiger partial charge is 0.404 e. The number of aromatic nitrogens is 2. The lowest BCUT2D eigenvalue weighted by Gasteiger charge is -1.96. The zero-order valence-electron chi connectivity index (χ0n) is 5.53. The lowest BCUT2D eigenvalue weighted by molar-refractivity contribution is 0.165. The highest BCUT2D eigenvalue weighted by Gasteiger charge is 1.97. The summed E-state index contributed by atoms with van der Waals surface area (Å²) < 4.78 is 4.45. The molecular weight excluding hydrogens is 168 g/mol. The molecule has 0 spiro atoms. The van der Waals surface area contributed by atoms with Crippen molar-refractivity contribution in [1.29, 1.82) is 0 Å². The van der Waals surface area contributed by atoms with Gasteiger partial charge in [-0.1, -0.05) is 0 Å². The van der Waals surface area contributed by atoms with Crippen LogP contribution < -0.4 is 0 Å². The third-order valence-corrected chi connectivity index (χ3v) is 1.06. The molecule has 4 nitrogen and oxygen atoms in total. The number of rotatable bonds is 2. The maximum absolute atomic E-state index is 10.1. The molecule has 0 aromatic carbocycles. The second-order valence-electron chi connectivity index (χ2n) is 1.72. The van der Waals surface area contributed by atoms with E-state index >= 15 is 0 Å². The van der Waals surface area contributed by atoms with Gasteiger partial charge in [0.15, 0.2) is 0 Å². The summed E-state index contributed by atoms with van der Waals surface area (Å²) in [5.74, 6) is 0. The van der Waals surface area contributed by atoms with Gasteiger partial charge in [-0.15, -0.1) is 0 Å². The Labute approximate surface area is 68.2 Å². The van der Waals surface area contributed by atoms with Crippen molar-refractivity contribution in [3.8, 4) is 0 Å². The monoisotopic (exact) mass is 172 g/mol. The van der Waals surface area contributed by atoms with E-state index in [0.29, 0.717) is 5.69 Å². The Morgan fingerprint density at radius 1 is 1.64 bits per heavy atom. The Morgan fingerprint density at radius 3 is 3.00 bits per heavy atom. The average Bonchev–Trinajstić information content (AvgIpc) is 2.03. The molecule has 1 aromatic heterocycles. The number of ether oxygens (including phenoxy) is 1. The molecule has 5 heteroatoms. The third kappa shape index (κ3) is 2.95. The second-order valence-corrected chi connectivity index (χ2v) is 2.03. The molecule has 0 N–H and O–H groups in total. The fraction of sp³-hybridized carbons (Fsp3) is 0.167. The first-order valence-electron chi connectivity index (χ1n) is 2.86. The quantitative estimate of drug-likeness (QED) is 0.632. The lowest BCUT2D eigenvalue weighted by atomic mass is 10.5. The normalized spacial score (nSPS) is 9.18. The van der Waals surface area contributed by atoms with E-state index in [2.05, 4.69) is 14.7 Å². The summed E-state index contributed by atoms with van der Waals surface area (Å²) in [6.45, 7) is 0.0656. The molecule has 0 bridgehead atoms. The highest BCUT2D eigenvalue weighted by atomic mass is 35.5. The van der Waals surface area contributed by atoms with Gasteiger partial charge in [0.2, 0.25) is 0 Å². The summed E-state index contributed by atoms with van der Waals surface area (Å²) in [5, 5.41) is 0. The van der Waals surface area contributed by atoms with E-state index in [4.69, 9.17) is 11.6 Å². The minimum Gasteiger partial charge on any atom is -0.447 e. The summed E-state index contributed by atoms with van der Waals surface area (Å²) in [6.07, 6.45) is 4.54. The SMILES string of the molecule is O=C(Cl)OCc1cnccn1. The molecule has 0 fully saturated rings. The van der Waals surface area contributed by atoms with Crippen molar-refractivity contribution in [1.82, 2.24) is 9.97 Å². The van der Waals surface area contributed by atoms with Crippen LogP contribution in [0.3, 0.4) is 0 Å². The largest absolute Gasteiger partial charge is 0.447 e. The highest BCUT2D eigenvalue weighted by Crippen LogP contribution is 1.96. The summed E-state index contributed by atoms with van der Waals surface area (Å²) in [5.41, 5.74) is -0.267. The maximum Gasteiger partial charge on any atom is 0.404 e. The first-order chi connectivity index (χ1) is 5.29. The fourth-order valence-corrected chi connectivity index (χ4v) is 0.590. The van der Waals surface area contributed by atoms with Crippen molar-refractivity contribution in [2.75, 3.05) is 0 Å². The van der Waals surface area contributed by atoms with Crippen LogP contribution >= 0.6 is 11.6 Å². The summed E-state index contributed by atoms with van der Waals surface area (Å²) in [4.78, 5) is 17.7. The van der Waals surface area contributed by atoms with Crippen molar-refractivity contribution in [2.24, 2.45) is 0 Å². The molecule has 1 rings (SSSR count). The number of carbonyl (C=O) groups excluding carboxylic acids is 1. The van der Waals surface area contributed by atoms with E-state index in [1.807, 2.05) is 0 Å². The number of hydrogen-bond acceptors (Lipinski definition) is 4. The second kappa shape index (κ2) is 3.88. The molecule has 0 saturated heterocycles. The Balaban J connectivity index is 2.45. The Kier molecular flexibility index (Phi) is 2.80. The number of nitrogens with zero attached hydrogens (tertiary/aromatic N) is 2. The summed E-state index contributed by atoms with van der Waals surface area (Å²) >= 11 is 4.92. The van der Waals surface area contributed by atoms with E-state index in [-0.39, 0.29) is 6.61 Å².